The van der Waals surface area contributed by atoms with Crippen LogP contribution in [0, 0.1) is 6.92 Å². The summed E-state index contributed by atoms with van der Waals surface area (Å²) in [5.74, 6) is 1.38. The molecule has 0 amide bonds. The fourth-order valence-corrected chi connectivity index (χ4v) is 3.22. The molecule has 0 fully saturated rings. The molecule has 1 aromatic carbocycles. The summed E-state index contributed by atoms with van der Waals surface area (Å²) in [6.07, 6.45) is 1.65. The quantitative estimate of drug-likeness (QED) is 0.613. The third-order valence-corrected chi connectivity index (χ3v) is 4.35. The summed E-state index contributed by atoms with van der Waals surface area (Å²) in [4.78, 5) is 4.58. The first-order chi connectivity index (χ1) is 10.2. The number of rotatable bonds is 2. The molecule has 0 spiro atoms. The molecule has 0 aliphatic rings. The molecule has 0 aliphatic carbocycles. The highest BCUT2D eigenvalue weighted by atomic mass is 32.1. The van der Waals surface area contributed by atoms with Crippen molar-refractivity contribution < 1.29 is 4.42 Å². The summed E-state index contributed by atoms with van der Waals surface area (Å²) in [6.45, 7) is 1.90. The Balaban J connectivity index is 1.85. The molecule has 0 atom stereocenters. The van der Waals surface area contributed by atoms with Crippen molar-refractivity contribution >= 4 is 27.4 Å². The van der Waals surface area contributed by atoms with E-state index in [1.165, 1.54) is 0 Å². The number of hydrogen-bond acceptors (Lipinski definition) is 5. The van der Waals surface area contributed by atoms with E-state index in [0.717, 1.165) is 32.4 Å². The standard InChI is InChI=1S/C15H12N4OS/c1-9-10(6-7-20-9)12-8-14(16)19(18-12)15-17-11-4-2-3-5-13(11)21-15/h2-8H,16H2,1H3. The van der Waals surface area contributed by atoms with E-state index in [1.54, 1.807) is 22.3 Å². The molecule has 0 bridgehead atoms. The smallest absolute Gasteiger partial charge is 0.213 e. The van der Waals surface area contributed by atoms with Gasteiger partial charge in [0.15, 0.2) is 0 Å². The molecule has 4 rings (SSSR count). The molecule has 6 heteroatoms. The van der Waals surface area contributed by atoms with Crippen LogP contribution in [0.25, 0.3) is 26.6 Å². The third-order valence-electron chi connectivity index (χ3n) is 3.34. The number of hydrogen-bond donors (Lipinski definition) is 1. The number of aryl methyl sites for hydroxylation is 1. The molecule has 0 saturated heterocycles. The van der Waals surface area contributed by atoms with Crippen LogP contribution in [0.3, 0.4) is 0 Å². The van der Waals surface area contributed by atoms with Crippen molar-refractivity contribution in [1.29, 1.82) is 0 Å². The van der Waals surface area contributed by atoms with E-state index in [1.807, 2.05) is 43.3 Å². The molecular formula is C15H12N4OS. The Kier molecular flexibility index (Phi) is 2.58. The van der Waals surface area contributed by atoms with Gasteiger partial charge in [0.25, 0.3) is 0 Å². The Morgan fingerprint density at radius 1 is 1.24 bits per heavy atom. The molecular weight excluding hydrogens is 284 g/mol. The van der Waals surface area contributed by atoms with Crippen LogP contribution in [0.1, 0.15) is 5.76 Å². The van der Waals surface area contributed by atoms with Crippen LogP contribution in [0.5, 0.6) is 0 Å². The molecule has 4 aromatic rings. The minimum atomic E-state index is 0.560. The van der Waals surface area contributed by atoms with Gasteiger partial charge in [-0.15, -0.1) is 0 Å². The zero-order chi connectivity index (χ0) is 14.4. The number of nitrogens with two attached hydrogens (primary N) is 1. The maximum absolute atomic E-state index is 6.09. The van der Waals surface area contributed by atoms with Crippen LogP contribution in [0.4, 0.5) is 5.82 Å². The summed E-state index contributed by atoms with van der Waals surface area (Å²) in [6, 6.07) is 11.7. The van der Waals surface area contributed by atoms with E-state index in [0.29, 0.717) is 5.82 Å². The van der Waals surface area contributed by atoms with Crippen molar-refractivity contribution in [1.82, 2.24) is 14.8 Å². The van der Waals surface area contributed by atoms with Gasteiger partial charge in [-0.05, 0) is 25.1 Å². The van der Waals surface area contributed by atoms with Crippen LogP contribution < -0.4 is 5.73 Å². The van der Waals surface area contributed by atoms with Crippen LogP contribution in [0.15, 0.2) is 47.1 Å². The number of para-hydroxylation sites is 1. The molecule has 3 heterocycles. The Labute approximate surface area is 124 Å². The Hall–Kier alpha value is -2.60. The van der Waals surface area contributed by atoms with Crippen LogP contribution in [0.2, 0.25) is 0 Å². The lowest BCUT2D eigenvalue weighted by Crippen LogP contribution is -2.00. The number of aromatic nitrogens is 3. The number of furan rings is 1. The highest BCUT2D eigenvalue weighted by Gasteiger charge is 2.14. The second-order valence-electron chi connectivity index (χ2n) is 4.72. The van der Waals surface area contributed by atoms with Gasteiger partial charge in [-0.3, -0.25) is 0 Å². The number of benzene rings is 1. The average molecular weight is 296 g/mol. The predicted octanol–water partition coefficient (Wildman–Crippen LogP) is 3.63. The van der Waals surface area contributed by atoms with Gasteiger partial charge in [0.1, 0.15) is 11.6 Å². The van der Waals surface area contributed by atoms with Crippen molar-refractivity contribution in [3.63, 3.8) is 0 Å². The number of fused-ring (bicyclic) bond motifs is 1. The van der Waals surface area contributed by atoms with E-state index >= 15 is 0 Å². The topological polar surface area (TPSA) is 69.9 Å². The van der Waals surface area contributed by atoms with Crippen molar-refractivity contribution in [2.45, 2.75) is 6.92 Å². The van der Waals surface area contributed by atoms with Crippen molar-refractivity contribution in [3.8, 4) is 16.4 Å². The predicted molar refractivity (Wildman–Crippen MR) is 83.6 cm³/mol. The maximum atomic E-state index is 6.09. The van der Waals surface area contributed by atoms with E-state index in [-0.39, 0.29) is 0 Å². The van der Waals surface area contributed by atoms with Gasteiger partial charge < -0.3 is 10.2 Å². The molecule has 104 valence electrons. The van der Waals surface area contributed by atoms with Gasteiger partial charge in [-0.25, -0.2) is 4.98 Å². The number of thiazole rings is 1. The fraction of sp³-hybridized carbons (Fsp3) is 0.0667. The molecule has 21 heavy (non-hydrogen) atoms. The summed E-state index contributed by atoms with van der Waals surface area (Å²) in [7, 11) is 0. The molecule has 2 N–H and O–H groups in total. The highest BCUT2D eigenvalue weighted by molar-refractivity contribution is 7.20. The van der Waals surface area contributed by atoms with Crippen molar-refractivity contribution in [3.05, 3.63) is 48.4 Å². The highest BCUT2D eigenvalue weighted by Crippen LogP contribution is 2.29. The molecule has 5 nitrogen and oxygen atoms in total. The minimum Gasteiger partial charge on any atom is -0.469 e. The lowest BCUT2D eigenvalue weighted by molar-refractivity contribution is 0.535. The van der Waals surface area contributed by atoms with Crippen LogP contribution in [-0.4, -0.2) is 14.8 Å². The summed E-state index contributed by atoms with van der Waals surface area (Å²) >= 11 is 1.57. The Bertz CT molecular complexity index is 901. The van der Waals surface area contributed by atoms with Gasteiger partial charge >= 0.3 is 0 Å². The molecule has 0 aliphatic heterocycles. The first-order valence-electron chi connectivity index (χ1n) is 6.48. The van der Waals surface area contributed by atoms with Gasteiger partial charge in [-0.2, -0.15) is 9.78 Å². The zero-order valence-electron chi connectivity index (χ0n) is 11.3. The first kappa shape index (κ1) is 12.2. The normalized spacial score (nSPS) is 11.3. The maximum Gasteiger partial charge on any atom is 0.213 e. The van der Waals surface area contributed by atoms with Crippen molar-refractivity contribution in [2.24, 2.45) is 0 Å². The Morgan fingerprint density at radius 2 is 2.10 bits per heavy atom. The van der Waals surface area contributed by atoms with E-state index in [4.69, 9.17) is 10.2 Å². The second kappa shape index (κ2) is 4.46. The minimum absolute atomic E-state index is 0.560. The molecule has 0 radical (unpaired) electrons. The van der Waals surface area contributed by atoms with E-state index < -0.39 is 0 Å². The Morgan fingerprint density at radius 3 is 2.86 bits per heavy atom. The van der Waals surface area contributed by atoms with Crippen molar-refractivity contribution in [2.75, 3.05) is 5.73 Å². The zero-order valence-corrected chi connectivity index (χ0v) is 12.1. The van der Waals surface area contributed by atoms with Crippen LogP contribution in [-0.2, 0) is 0 Å². The molecule has 3 aromatic heterocycles. The fourth-order valence-electron chi connectivity index (χ4n) is 2.28. The van der Waals surface area contributed by atoms with Gasteiger partial charge in [0.05, 0.1) is 22.2 Å². The second-order valence-corrected chi connectivity index (χ2v) is 5.73. The third kappa shape index (κ3) is 1.92. The summed E-state index contributed by atoms with van der Waals surface area (Å²) in [5, 5.41) is 5.32. The SMILES string of the molecule is Cc1occc1-c1cc(N)n(-c2nc3ccccc3s2)n1. The van der Waals surface area contributed by atoms with Gasteiger partial charge in [-0.1, -0.05) is 23.5 Å². The average Bonchev–Trinajstić information content (AvgIpc) is 3.15. The van der Waals surface area contributed by atoms with Gasteiger partial charge in [0.2, 0.25) is 5.13 Å². The van der Waals surface area contributed by atoms with Gasteiger partial charge in [0, 0.05) is 11.6 Å². The summed E-state index contributed by atoms with van der Waals surface area (Å²) in [5.41, 5.74) is 8.78. The van der Waals surface area contributed by atoms with E-state index in [2.05, 4.69) is 10.1 Å². The van der Waals surface area contributed by atoms with Crippen LogP contribution >= 0.6 is 11.3 Å². The summed E-state index contributed by atoms with van der Waals surface area (Å²) < 4.78 is 8.11. The number of anilines is 1. The first-order valence-corrected chi connectivity index (χ1v) is 7.30. The van der Waals surface area contributed by atoms with E-state index in [9.17, 15) is 0 Å². The molecule has 0 saturated carbocycles. The number of nitrogen functional groups attached to an aromatic ring is 1. The largest absolute Gasteiger partial charge is 0.469 e. The lowest BCUT2D eigenvalue weighted by Gasteiger charge is -1.96. The monoisotopic (exact) mass is 296 g/mol. The molecule has 0 unspecified atom stereocenters. The lowest BCUT2D eigenvalue weighted by atomic mass is 10.2. The number of nitrogens with zero attached hydrogens (tertiary/aromatic N) is 3.